The summed E-state index contributed by atoms with van der Waals surface area (Å²) in [6.45, 7) is 2.23. The van der Waals surface area contributed by atoms with Crippen molar-refractivity contribution in [3.8, 4) is 5.75 Å². The molecule has 0 aliphatic heterocycles. The summed E-state index contributed by atoms with van der Waals surface area (Å²) in [6, 6.07) is 16.1. The molecule has 38 heavy (non-hydrogen) atoms. The first-order chi connectivity index (χ1) is 18.4. The molecule has 2 aliphatic carbocycles. The van der Waals surface area contributed by atoms with Crippen LogP contribution in [-0.2, 0) is 17.8 Å². The highest BCUT2D eigenvalue weighted by molar-refractivity contribution is 6.04. The van der Waals surface area contributed by atoms with Crippen LogP contribution in [0.25, 0.3) is 6.08 Å². The first-order valence-electron chi connectivity index (χ1n) is 12.9. The van der Waals surface area contributed by atoms with E-state index in [0.29, 0.717) is 36.4 Å². The number of aromatic nitrogens is 2. The summed E-state index contributed by atoms with van der Waals surface area (Å²) in [5.74, 6) is 0.641. The number of carbonyl (C=O) groups is 2. The molecule has 194 valence electrons. The van der Waals surface area contributed by atoms with E-state index in [0.717, 1.165) is 35.4 Å². The number of amides is 1. The highest BCUT2D eigenvalue weighted by Gasteiger charge is 2.24. The number of benzene rings is 2. The maximum Gasteiger partial charge on any atom is 0.258 e. The molecule has 0 unspecified atom stereocenters. The van der Waals surface area contributed by atoms with E-state index in [4.69, 9.17) is 4.74 Å². The van der Waals surface area contributed by atoms with Crippen LogP contribution in [0, 0.1) is 0 Å². The molecule has 2 aromatic carbocycles. The van der Waals surface area contributed by atoms with Crippen LogP contribution in [0.15, 0.2) is 89.9 Å². The minimum Gasteiger partial charge on any atom is -0.494 e. The standard InChI is InChI=1S/C31H32N4O3/c1-34(2)13-6-14-38-28-11-9-23-15-25(16-24(23)17-28)29-18-27(10-12-30(29)36)33-31(37)26-19-32-35(21-26)20-22-7-4-3-5-8-22/h3-5,7-11,16-19,21H,6,12-15,20H2,1-2H3,(H,33,37). The van der Waals surface area contributed by atoms with Crippen LogP contribution in [0.2, 0.25) is 0 Å². The lowest BCUT2D eigenvalue weighted by molar-refractivity contribution is -0.114. The van der Waals surface area contributed by atoms with Crippen molar-refractivity contribution in [2.24, 2.45) is 0 Å². The molecule has 0 saturated heterocycles. The number of nitrogens with one attached hydrogen (secondary N) is 1. The van der Waals surface area contributed by atoms with Gasteiger partial charge in [-0.25, -0.2) is 0 Å². The van der Waals surface area contributed by atoms with Crippen LogP contribution in [0.1, 0.15) is 39.9 Å². The Kier molecular flexibility index (Phi) is 7.65. The number of fused-ring (bicyclic) bond motifs is 1. The monoisotopic (exact) mass is 508 g/mol. The Morgan fingerprint density at radius 1 is 1.13 bits per heavy atom. The summed E-state index contributed by atoms with van der Waals surface area (Å²) in [5.41, 5.74) is 6.06. The minimum atomic E-state index is -0.250. The third-order valence-corrected chi connectivity index (χ3v) is 6.64. The molecule has 0 saturated carbocycles. The third kappa shape index (κ3) is 6.18. The maximum atomic E-state index is 12.9. The summed E-state index contributed by atoms with van der Waals surface area (Å²) in [4.78, 5) is 27.8. The number of ether oxygens (including phenoxy) is 1. The number of hydrogen-bond donors (Lipinski definition) is 1. The van der Waals surface area contributed by atoms with Crippen molar-refractivity contribution in [1.29, 1.82) is 0 Å². The molecule has 0 fully saturated rings. The van der Waals surface area contributed by atoms with Crippen molar-refractivity contribution < 1.29 is 14.3 Å². The van der Waals surface area contributed by atoms with E-state index in [2.05, 4.69) is 41.6 Å². The van der Waals surface area contributed by atoms with Crippen molar-refractivity contribution in [1.82, 2.24) is 20.0 Å². The fourth-order valence-corrected chi connectivity index (χ4v) is 4.65. The van der Waals surface area contributed by atoms with Crippen LogP contribution in [0.5, 0.6) is 5.75 Å². The van der Waals surface area contributed by atoms with Gasteiger partial charge in [0.2, 0.25) is 0 Å². The van der Waals surface area contributed by atoms with Crippen LogP contribution in [0.3, 0.4) is 0 Å². The maximum absolute atomic E-state index is 12.9. The van der Waals surface area contributed by atoms with Gasteiger partial charge in [0.15, 0.2) is 5.78 Å². The Hall–Kier alpha value is -4.23. The van der Waals surface area contributed by atoms with Gasteiger partial charge in [-0.15, -0.1) is 0 Å². The fraction of sp³-hybridized carbons (Fsp3) is 0.258. The molecule has 0 bridgehead atoms. The molecule has 1 amide bonds. The SMILES string of the molecule is CN(C)CCCOc1ccc2c(c1)C=C(C1=CC(NC(=O)c3cnn(Cc4ccccc4)c3)=CCC1=O)C2. The number of Topliss-reactive ketones (excluding diaryl/α,β-unsaturated/α-hetero) is 1. The smallest absolute Gasteiger partial charge is 0.258 e. The Balaban J connectivity index is 1.23. The van der Waals surface area contributed by atoms with E-state index < -0.39 is 0 Å². The van der Waals surface area contributed by atoms with Gasteiger partial charge in [-0.3, -0.25) is 14.3 Å². The van der Waals surface area contributed by atoms with Crippen molar-refractivity contribution in [2.75, 3.05) is 27.2 Å². The molecular formula is C31H32N4O3. The first-order valence-corrected chi connectivity index (χ1v) is 12.9. The molecule has 2 aliphatic rings. The predicted molar refractivity (Wildman–Crippen MR) is 148 cm³/mol. The van der Waals surface area contributed by atoms with Gasteiger partial charge in [0.05, 0.1) is 24.9 Å². The van der Waals surface area contributed by atoms with E-state index in [9.17, 15) is 9.59 Å². The molecule has 0 atom stereocenters. The van der Waals surface area contributed by atoms with Gasteiger partial charge in [0.1, 0.15) is 5.75 Å². The molecule has 1 N–H and O–H groups in total. The zero-order chi connectivity index (χ0) is 26.5. The van der Waals surface area contributed by atoms with Gasteiger partial charge in [-0.1, -0.05) is 48.6 Å². The molecule has 0 radical (unpaired) electrons. The van der Waals surface area contributed by atoms with Crippen molar-refractivity contribution in [3.05, 3.63) is 112 Å². The van der Waals surface area contributed by atoms with E-state index >= 15 is 0 Å². The molecule has 0 spiro atoms. The second-order valence-electron chi connectivity index (χ2n) is 9.92. The quantitative estimate of drug-likeness (QED) is 0.411. The third-order valence-electron chi connectivity index (χ3n) is 6.64. The van der Waals surface area contributed by atoms with Gasteiger partial charge in [0.25, 0.3) is 5.91 Å². The van der Waals surface area contributed by atoms with Crippen molar-refractivity contribution in [2.45, 2.75) is 25.8 Å². The normalized spacial score (nSPS) is 14.6. The fourth-order valence-electron chi connectivity index (χ4n) is 4.65. The first kappa shape index (κ1) is 25.4. The zero-order valence-corrected chi connectivity index (χ0v) is 21.8. The molecular weight excluding hydrogens is 476 g/mol. The Morgan fingerprint density at radius 2 is 1.97 bits per heavy atom. The average Bonchev–Trinajstić information content (AvgIpc) is 3.55. The summed E-state index contributed by atoms with van der Waals surface area (Å²) in [6.07, 6.45) is 10.8. The van der Waals surface area contributed by atoms with Gasteiger partial charge in [-0.2, -0.15) is 5.10 Å². The lowest BCUT2D eigenvalue weighted by atomic mass is 9.93. The molecule has 7 nitrogen and oxygen atoms in total. The summed E-state index contributed by atoms with van der Waals surface area (Å²) >= 11 is 0. The molecule has 5 rings (SSSR count). The number of allylic oxidation sites excluding steroid dienone is 4. The Labute approximate surface area is 223 Å². The van der Waals surface area contributed by atoms with Gasteiger partial charge in [-0.05, 0) is 67.4 Å². The van der Waals surface area contributed by atoms with Crippen LogP contribution >= 0.6 is 0 Å². The van der Waals surface area contributed by atoms with Crippen LogP contribution in [-0.4, -0.2) is 53.6 Å². The zero-order valence-electron chi connectivity index (χ0n) is 21.8. The second kappa shape index (κ2) is 11.4. The highest BCUT2D eigenvalue weighted by Crippen LogP contribution is 2.34. The van der Waals surface area contributed by atoms with E-state index in [-0.39, 0.29) is 18.1 Å². The topological polar surface area (TPSA) is 76.5 Å². The van der Waals surface area contributed by atoms with Crippen LogP contribution < -0.4 is 10.1 Å². The molecule has 1 aromatic heterocycles. The number of ketones is 1. The van der Waals surface area contributed by atoms with E-state index in [1.54, 1.807) is 29.2 Å². The molecule has 3 aromatic rings. The van der Waals surface area contributed by atoms with Gasteiger partial charge >= 0.3 is 0 Å². The summed E-state index contributed by atoms with van der Waals surface area (Å²) < 4.78 is 7.66. The van der Waals surface area contributed by atoms with Crippen molar-refractivity contribution in [3.63, 3.8) is 0 Å². The lowest BCUT2D eigenvalue weighted by Crippen LogP contribution is -2.24. The number of hydrogen-bond acceptors (Lipinski definition) is 5. The second-order valence-corrected chi connectivity index (χ2v) is 9.92. The van der Waals surface area contributed by atoms with Crippen LogP contribution in [0.4, 0.5) is 0 Å². The molecule has 1 heterocycles. The number of carbonyl (C=O) groups excluding carboxylic acids is 2. The number of rotatable bonds is 10. The number of nitrogens with zero attached hydrogens (tertiary/aromatic N) is 3. The average molecular weight is 509 g/mol. The summed E-state index contributed by atoms with van der Waals surface area (Å²) in [7, 11) is 4.10. The predicted octanol–water partition coefficient (Wildman–Crippen LogP) is 4.41. The highest BCUT2D eigenvalue weighted by atomic mass is 16.5. The van der Waals surface area contributed by atoms with Gasteiger partial charge < -0.3 is 15.0 Å². The largest absolute Gasteiger partial charge is 0.494 e. The lowest BCUT2D eigenvalue weighted by Gasteiger charge is -2.15. The Bertz CT molecular complexity index is 1430. The molecule has 7 heteroatoms. The van der Waals surface area contributed by atoms with Crippen molar-refractivity contribution >= 4 is 17.8 Å². The Morgan fingerprint density at radius 3 is 2.79 bits per heavy atom. The minimum absolute atomic E-state index is 0.0536. The summed E-state index contributed by atoms with van der Waals surface area (Å²) in [5, 5.41) is 7.26. The van der Waals surface area contributed by atoms with Gasteiger partial charge in [0, 0.05) is 30.4 Å². The van der Waals surface area contributed by atoms with E-state index in [1.807, 2.05) is 42.5 Å². The van der Waals surface area contributed by atoms with E-state index in [1.165, 1.54) is 5.56 Å².